The van der Waals surface area contributed by atoms with Crippen LogP contribution in [-0.4, -0.2) is 54.2 Å². The first-order chi connectivity index (χ1) is 10.0. The van der Waals surface area contributed by atoms with Crippen LogP contribution in [0.5, 0.6) is 0 Å². The molecule has 21 heavy (non-hydrogen) atoms. The van der Waals surface area contributed by atoms with E-state index >= 15 is 0 Å². The molecule has 5 nitrogen and oxygen atoms in total. The SMILES string of the molecule is CCCc1cc(C(=O)O)cc(N(C)CC2CCCN2C)n1. The summed E-state index contributed by atoms with van der Waals surface area (Å²) in [5, 5.41) is 9.26. The lowest BCUT2D eigenvalue weighted by molar-refractivity contribution is 0.0696. The number of rotatable bonds is 6. The largest absolute Gasteiger partial charge is 0.478 e. The molecule has 0 amide bonds. The topological polar surface area (TPSA) is 56.7 Å². The molecule has 0 spiro atoms. The Balaban J connectivity index is 2.18. The van der Waals surface area contributed by atoms with Gasteiger partial charge in [-0.15, -0.1) is 0 Å². The Morgan fingerprint density at radius 2 is 2.29 bits per heavy atom. The van der Waals surface area contributed by atoms with Gasteiger partial charge in [-0.1, -0.05) is 13.3 Å². The van der Waals surface area contributed by atoms with E-state index in [2.05, 4.69) is 28.8 Å². The summed E-state index contributed by atoms with van der Waals surface area (Å²) >= 11 is 0. The van der Waals surface area contributed by atoms with Crippen molar-refractivity contribution in [1.29, 1.82) is 0 Å². The van der Waals surface area contributed by atoms with Gasteiger partial charge in [-0.2, -0.15) is 0 Å². The molecule has 116 valence electrons. The number of aromatic nitrogens is 1. The fourth-order valence-electron chi connectivity index (χ4n) is 2.89. The Bertz CT molecular complexity index is 504. The molecule has 1 saturated heterocycles. The average Bonchev–Trinajstić information content (AvgIpc) is 2.84. The van der Waals surface area contributed by atoms with Crippen molar-refractivity contribution in [2.75, 3.05) is 32.1 Å². The summed E-state index contributed by atoms with van der Waals surface area (Å²) in [7, 11) is 4.14. The molecule has 1 aromatic rings. The minimum Gasteiger partial charge on any atom is -0.478 e. The van der Waals surface area contributed by atoms with Crippen LogP contribution in [0.25, 0.3) is 0 Å². The van der Waals surface area contributed by atoms with E-state index in [0.29, 0.717) is 11.6 Å². The number of carboxylic acid groups (broad SMARTS) is 1. The smallest absolute Gasteiger partial charge is 0.335 e. The quantitative estimate of drug-likeness (QED) is 0.871. The molecule has 1 aromatic heterocycles. The molecule has 1 unspecified atom stereocenters. The molecule has 1 aliphatic rings. The molecule has 0 bridgehead atoms. The molecule has 0 aromatic carbocycles. The molecule has 0 aliphatic carbocycles. The lowest BCUT2D eigenvalue weighted by atomic mass is 10.1. The number of hydrogen-bond donors (Lipinski definition) is 1. The number of nitrogens with zero attached hydrogens (tertiary/aromatic N) is 3. The van der Waals surface area contributed by atoms with E-state index in [1.807, 2.05) is 7.05 Å². The molecule has 5 heteroatoms. The molecular weight excluding hydrogens is 266 g/mol. The zero-order valence-electron chi connectivity index (χ0n) is 13.2. The van der Waals surface area contributed by atoms with Gasteiger partial charge in [0, 0.05) is 25.3 Å². The van der Waals surface area contributed by atoms with Crippen LogP contribution in [0, 0.1) is 0 Å². The van der Waals surface area contributed by atoms with Crippen molar-refractivity contribution in [3.8, 4) is 0 Å². The highest BCUT2D eigenvalue weighted by atomic mass is 16.4. The lowest BCUT2D eigenvalue weighted by Crippen LogP contribution is -2.37. The van der Waals surface area contributed by atoms with Gasteiger partial charge in [-0.05, 0) is 45.0 Å². The van der Waals surface area contributed by atoms with Crippen LogP contribution >= 0.6 is 0 Å². The van der Waals surface area contributed by atoms with Gasteiger partial charge >= 0.3 is 5.97 Å². The van der Waals surface area contributed by atoms with Gasteiger partial charge in [0.1, 0.15) is 5.82 Å². The number of carboxylic acids is 1. The number of likely N-dealkylation sites (N-methyl/N-ethyl adjacent to an activating group) is 2. The van der Waals surface area contributed by atoms with E-state index in [4.69, 9.17) is 0 Å². The van der Waals surface area contributed by atoms with Gasteiger partial charge in [0.25, 0.3) is 0 Å². The van der Waals surface area contributed by atoms with Gasteiger partial charge in [-0.25, -0.2) is 9.78 Å². The van der Waals surface area contributed by atoms with Crippen LogP contribution in [0.3, 0.4) is 0 Å². The highest BCUT2D eigenvalue weighted by Gasteiger charge is 2.23. The first-order valence-corrected chi connectivity index (χ1v) is 7.67. The lowest BCUT2D eigenvalue weighted by Gasteiger charge is -2.27. The normalized spacial score (nSPS) is 18.9. The van der Waals surface area contributed by atoms with E-state index in [9.17, 15) is 9.90 Å². The molecule has 1 fully saturated rings. The minimum atomic E-state index is -0.887. The van der Waals surface area contributed by atoms with Gasteiger partial charge in [-0.3, -0.25) is 0 Å². The molecule has 2 rings (SSSR count). The van der Waals surface area contributed by atoms with Gasteiger partial charge in [0.2, 0.25) is 0 Å². The Hall–Kier alpha value is -1.62. The number of hydrogen-bond acceptors (Lipinski definition) is 4. The molecule has 0 radical (unpaired) electrons. The van der Waals surface area contributed by atoms with E-state index in [1.54, 1.807) is 12.1 Å². The molecule has 1 N–H and O–H groups in total. The van der Waals surface area contributed by atoms with Crippen LogP contribution in [0.15, 0.2) is 12.1 Å². The van der Waals surface area contributed by atoms with Crippen molar-refractivity contribution in [2.24, 2.45) is 0 Å². The van der Waals surface area contributed by atoms with Gasteiger partial charge in [0.05, 0.1) is 5.56 Å². The summed E-state index contributed by atoms with van der Waals surface area (Å²) in [6.45, 7) is 4.10. The first-order valence-electron chi connectivity index (χ1n) is 7.67. The van der Waals surface area contributed by atoms with E-state index in [1.165, 1.54) is 12.8 Å². The summed E-state index contributed by atoms with van der Waals surface area (Å²) in [6.07, 6.45) is 4.20. The molecule has 1 aliphatic heterocycles. The second-order valence-electron chi connectivity index (χ2n) is 5.92. The van der Waals surface area contributed by atoms with Crippen molar-refractivity contribution in [3.63, 3.8) is 0 Å². The van der Waals surface area contributed by atoms with Crippen LogP contribution in [-0.2, 0) is 6.42 Å². The second-order valence-corrected chi connectivity index (χ2v) is 5.92. The number of pyridine rings is 1. The minimum absolute atomic E-state index is 0.329. The summed E-state index contributed by atoms with van der Waals surface area (Å²) in [4.78, 5) is 20.3. The first kappa shape index (κ1) is 15.8. The highest BCUT2D eigenvalue weighted by Crippen LogP contribution is 2.20. The van der Waals surface area contributed by atoms with Crippen molar-refractivity contribution in [3.05, 3.63) is 23.4 Å². The summed E-state index contributed by atoms with van der Waals surface area (Å²) in [5.41, 5.74) is 1.19. The monoisotopic (exact) mass is 291 g/mol. The Morgan fingerprint density at radius 3 is 2.86 bits per heavy atom. The van der Waals surface area contributed by atoms with Crippen LogP contribution < -0.4 is 4.90 Å². The third kappa shape index (κ3) is 3.94. The number of anilines is 1. The maximum absolute atomic E-state index is 11.3. The molecule has 1 atom stereocenters. The van der Waals surface area contributed by atoms with Crippen LogP contribution in [0.2, 0.25) is 0 Å². The predicted octanol–water partition coefficient (Wildman–Crippen LogP) is 2.26. The van der Waals surface area contributed by atoms with Crippen molar-refractivity contribution < 1.29 is 9.90 Å². The van der Waals surface area contributed by atoms with Crippen molar-refractivity contribution in [1.82, 2.24) is 9.88 Å². The second kappa shape index (κ2) is 6.89. The van der Waals surface area contributed by atoms with Crippen molar-refractivity contribution in [2.45, 2.75) is 38.6 Å². The predicted molar refractivity (Wildman–Crippen MR) is 84.1 cm³/mol. The van der Waals surface area contributed by atoms with Gasteiger partial charge in [0.15, 0.2) is 0 Å². The van der Waals surface area contributed by atoms with Gasteiger partial charge < -0.3 is 14.9 Å². The Morgan fingerprint density at radius 1 is 1.52 bits per heavy atom. The molecule has 0 saturated carbocycles. The average molecular weight is 291 g/mol. The Kier molecular flexibility index (Phi) is 5.17. The van der Waals surface area contributed by atoms with E-state index in [-0.39, 0.29) is 0 Å². The maximum Gasteiger partial charge on any atom is 0.335 e. The fraction of sp³-hybridized carbons (Fsp3) is 0.625. The number of aromatic carboxylic acids is 1. The van der Waals surface area contributed by atoms with Crippen molar-refractivity contribution >= 4 is 11.8 Å². The third-order valence-corrected chi connectivity index (χ3v) is 4.17. The van der Waals surface area contributed by atoms with Crippen LogP contribution in [0.1, 0.15) is 42.2 Å². The summed E-state index contributed by atoms with van der Waals surface area (Å²) in [5.74, 6) is -0.124. The summed E-state index contributed by atoms with van der Waals surface area (Å²) in [6, 6.07) is 3.89. The zero-order valence-corrected chi connectivity index (χ0v) is 13.2. The summed E-state index contributed by atoms with van der Waals surface area (Å²) < 4.78 is 0. The van der Waals surface area contributed by atoms with E-state index < -0.39 is 5.97 Å². The molecular formula is C16H25N3O2. The standard InChI is InChI=1S/C16H25N3O2/c1-4-6-13-9-12(16(20)21)10-15(17-13)19(3)11-14-7-5-8-18(14)2/h9-10,14H,4-8,11H2,1-3H3,(H,20,21). The number of likely N-dealkylation sites (tertiary alicyclic amines) is 1. The fourth-order valence-corrected chi connectivity index (χ4v) is 2.89. The molecule has 2 heterocycles. The third-order valence-electron chi connectivity index (χ3n) is 4.17. The number of carbonyl (C=O) groups is 1. The highest BCUT2D eigenvalue weighted by molar-refractivity contribution is 5.88. The zero-order chi connectivity index (χ0) is 15.4. The van der Waals surface area contributed by atoms with E-state index in [0.717, 1.165) is 37.4 Å². The number of aryl methyl sites for hydroxylation is 1. The Labute approximate surface area is 126 Å². The maximum atomic E-state index is 11.3. The van der Waals surface area contributed by atoms with Crippen LogP contribution in [0.4, 0.5) is 5.82 Å².